The van der Waals surface area contributed by atoms with Crippen LogP contribution in [0.25, 0.3) is 111 Å². The highest BCUT2D eigenvalue weighted by atomic mass is 16.3. The summed E-state index contributed by atoms with van der Waals surface area (Å²) in [5, 5.41) is 9.25. The SMILES string of the molecule is [2H]c1c([2H])c([2H])c(-c2ccc(-c3nc(-c4ccccc4)nc(-c4cccc5c4oc4cccc(-c6ccc7c8ccccc8c8ccccc8c7c6)c45)n3)cc2)c([2H])c1[2H]. The van der Waals surface area contributed by atoms with Crippen molar-refractivity contribution in [2.75, 3.05) is 0 Å². The van der Waals surface area contributed by atoms with E-state index in [9.17, 15) is 0 Å². The van der Waals surface area contributed by atoms with Crippen LogP contribution >= 0.6 is 0 Å². The van der Waals surface area contributed by atoms with Gasteiger partial charge in [-0.2, -0.15) is 0 Å². The molecule has 0 aliphatic rings. The summed E-state index contributed by atoms with van der Waals surface area (Å²) in [5.74, 6) is 1.33. The number of nitrogens with zero attached hydrogens (tertiary/aromatic N) is 3. The molecule has 0 aliphatic carbocycles. The van der Waals surface area contributed by atoms with Gasteiger partial charge in [0.25, 0.3) is 0 Å². The predicted molar refractivity (Wildman–Crippen MR) is 227 cm³/mol. The lowest BCUT2D eigenvalue weighted by Crippen LogP contribution is -2.00. The van der Waals surface area contributed by atoms with Crippen LogP contribution < -0.4 is 0 Å². The van der Waals surface area contributed by atoms with Crippen molar-refractivity contribution < 1.29 is 11.3 Å². The molecule has 0 saturated carbocycles. The lowest BCUT2D eigenvalue weighted by molar-refractivity contribution is 0.669. The molecule has 2 aromatic heterocycles. The lowest BCUT2D eigenvalue weighted by Gasteiger charge is -2.12. The van der Waals surface area contributed by atoms with Crippen LogP contribution in [0.1, 0.15) is 6.85 Å². The standard InChI is InChI=1S/C51H31N3O/c1-3-13-32(14-4-1)33-25-27-35(28-26-33)50-52-49(34-15-5-2-6-16-34)53-51(54-50)44-23-11-22-43-47-37(21-12-24-46(47)55-48(43)44)36-29-30-42-40-19-8-7-17-38(40)39-18-9-10-20-41(39)45(42)31-36/h1-31H/i1D,3D,4D,13D,14D. The maximum absolute atomic E-state index is 8.48. The van der Waals surface area contributed by atoms with E-state index in [-0.39, 0.29) is 29.7 Å². The lowest BCUT2D eigenvalue weighted by atomic mass is 9.91. The Kier molecular flexibility index (Phi) is 6.04. The van der Waals surface area contributed by atoms with Crippen molar-refractivity contribution >= 4 is 54.3 Å². The number of aromatic nitrogens is 3. The number of rotatable bonds is 5. The molecule has 9 aromatic carbocycles. The van der Waals surface area contributed by atoms with Crippen LogP contribution in [0.3, 0.4) is 0 Å². The maximum Gasteiger partial charge on any atom is 0.167 e. The van der Waals surface area contributed by atoms with Crippen molar-refractivity contribution in [3.05, 3.63) is 188 Å². The van der Waals surface area contributed by atoms with E-state index >= 15 is 0 Å². The second kappa shape index (κ2) is 12.6. The van der Waals surface area contributed by atoms with Crippen LogP contribution in [-0.2, 0) is 0 Å². The average molecular weight is 707 g/mol. The minimum absolute atomic E-state index is 0.135. The van der Waals surface area contributed by atoms with E-state index in [1.807, 2.05) is 54.6 Å². The van der Waals surface area contributed by atoms with Gasteiger partial charge in [-0.25, -0.2) is 15.0 Å². The molecule has 0 N–H and O–H groups in total. The predicted octanol–water partition coefficient (Wildman–Crippen LogP) is 13.6. The van der Waals surface area contributed by atoms with Crippen molar-refractivity contribution in [2.24, 2.45) is 0 Å². The van der Waals surface area contributed by atoms with E-state index < -0.39 is 6.04 Å². The van der Waals surface area contributed by atoms with Crippen molar-refractivity contribution in [3.8, 4) is 56.4 Å². The van der Waals surface area contributed by atoms with Crippen molar-refractivity contribution in [1.82, 2.24) is 15.0 Å². The van der Waals surface area contributed by atoms with Crippen LogP contribution in [0.5, 0.6) is 0 Å². The molecule has 0 amide bonds. The number of para-hydroxylation sites is 1. The Morgan fingerprint density at radius 2 is 0.891 bits per heavy atom. The van der Waals surface area contributed by atoms with Crippen LogP contribution in [0.4, 0.5) is 0 Å². The Morgan fingerprint density at radius 3 is 1.60 bits per heavy atom. The molecule has 0 radical (unpaired) electrons. The summed E-state index contributed by atoms with van der Waals surface area (Å²) in [4.78, 5) is 14.9. The van der Waals surface area contributed by atoms with Gasteiger partial charge in [0.1, 0.15) is 11.2 Å². The quantitative estimate of drug-likeness (QED) is 0.167. The number of hydrogen-bond acceptors (Lipinski definition) is 4. The van der Waals surface area contributed by atoms with Gasteiger partial charge in [0.15, 0.2) is 17.5 Å². The van der Waals surface area contributed by atoms with Crippen molar-refractivity contribution in [1.29, 1.82) is 0 Å². The third kappa shape index (κ3) is 5.19. The Balaban J connectivity index is 1.07. The summed E-state index contributed by atoms with van der Waals surface area (Å²) >= 11 is 0. The van der Waals surface area contributed by atoms with Gasteiger partial charge in [0.2, 0.25) is 0 Å². The van der Waals surface area contributed by atoms with E-state index in [0.29, 0.717) is 39.7 Å². The molecule has 0 saturated heterocycles. The average Bonchev–Trinajstić information content (AvgIpc) is 3.70. The normalized spacial score (nSPS) is 12.9. The fourth-order valence-electron chi connectivity index (χ4n) is 7.86. The van der Waals surface area contributed by atoms with Gasteiger partial charge < -0.3 is 4.42 Å². The van der Waals surface area contributed by atoms with Crippen molar-refractivity contribution in [3.63, 3.8) is 0 Å². The topological polar surface area (TPSA) is 51.8 Å². The molecule has 4 nitrogen and oxygen atoms in total. The minimum atomic E-state index is -0.427. The molecule has 0 unspecified atom stereocenters. The molecule has 55 heavy (non-hydrogen) atoms. The summed E-state index contributed by atoms with van der Waals surface area (Å²) in [6.45, 7) is 0. The van der Waals surface area contributed by atoms with Gasteiger partial charge in [-0.3, -0.25) is 0 Å². The maximum atomic E-state index is 8.48. The third-order valence-corrected chi connectivity index (χ3v) is 10.4. The van der Waals surface area contributed by atoms with E-state index in [2.05, 4.69) is 78.9 Å². The molecule has 256 valence electrons. The summed E-state index contributed by atoms with van der Waals surface area (Å²) in [5.41, 5.74) is 6.37. The highest BCUT2D eigenvalue weighted by Crippen LogP contribution is 2.43. The zero-order valence-corrected chi connectivity index (χ0v) is 29.3. The zero-order chi connectivity index (χ0) is 40.6. The Morgan fingerprint density at radius 1 is 0.364 bits per heavy atom. The summed E-state index contributed by atoms with van der Waals surface area (Å²) in [6, 6.07) is 51.3. The second-order valence-electron chi connectivity index (χ2n) is 13.6. The number of furan rings is 1. The Hall–Kier alpha value is -7.43. The Bertz CT molecular complexity index is 3490. The smallest absolute Gasteiger partial charge is 0.167 e. The van der Waals surface area contributed by atoms with Crippen LogP contribution in [-0.4, -0.2) is 15.0 Å². The van der Waals surface area contributed by atoms with Gasteiger partial charge in [0, 0.05) is 21.9 Å². The highest BCUT2D eigenvalue weighted by Gasteiger charge is 2.20. The van der Waals surface area contributed by atoms with Gasteiger partial charge in [0.05, 0.1) is 12.4 Å². The fourth-order valence-corrected chi connectivity index (χ4v) is 7.86. The second-order valence-corrected chi connectivity index (χ2v) is 13.6. The zero-order valence-electron chi connectivity index (χ0n) is 34.3. The number of benzene rings is 9. The molecule has 0 spiro atoms. The van der Waals surface area contributed by atoms with Gasteiger partial charge in [-0.1, -0.05) is 170 Å². The monoisotopic (exact) mass is 706 g/mol. The summed E-state index contributed by atoms with van der Waals surface area (Å²) in [7, 11) is 0. The molecule has 4 heteroatoms. The number of fused-ring (bicyclic) bond motifs is 9. The van der Waals surface area contributed by atoms with Gasteiger partial charge in [-0.15, -0.1) is 0 Å². The van der Waals surface area contributed by atoms with E-state index in [1.165, 1.54) is 32.3 Å². The molecule has 0 bridgehead atoms. The molecular formula is C51H31N3O. The molecule has 0 fully saturated rings. The summed E-state index contributed by atoms with van der Waals surface area (Å²) in [6.07, 6.45) is 0. The van der Waals surface area contributed by atoms with Crippen LogP contribution in [0.15, 0.2) is 192 Å². The first-order valence-electron chi connectivity index (χ1n) is 20.6. The molecule has 11 aromatic rings. The molecular weight excluding hydrogens is 671 g/mol. The van der Waals surface area contributed by atoms with Crippen molar-refractivity contribution in [2.45, 2.75) is 0 Å². The van der Waals surface area contributed by atoms with Gasteiger partial charge in [-0.05, 0) is 72.8 Å². The fraction of sp³-hybridized carbons (Fsp3) is 0. The van der Waals surface area contributed by atoms with E-state index in [1.54, 1.807) is 24.3 Å². The molecule has 0 atom stereocenters. The molecule has 2 heterocycles. The van der Waals surface area contributed by atoms with Crippen LogP contribution in [0.2, 0.25) is 0 Å². The molecule has 11 rings (SSSR count). The van der Waals surface area contributed by atoms with Gasteiger partial charge >= 0.3 is 0 Å². The number of hydrogen-bond donors (Lipinski definition) is 0. The first-order valence-corrected chi connectivity index (χ1v) is 18.1. The third-order valence-electron chi connectivity index (χ3n) is 10.4. The first kappa shape index (κ1) is 26.4. The minimum Gasteiger partial charge on any atom is -0.455 e. The molecule has 0 aliphatic heterocycles. The first-order chi connectivity index (χ1) is 29.3. The largest absolute Gasteiger partial charge is 0.455 e. The summed E-state index contributed by atoms with van der Waals surface area (Å²) < 4.78 is 48.0. The van der Waals surface area contributed by atoms with E-state index in [4.69, 9.17) is 26.2 Å². The Labute approximate surface area is 324 Å². The van der Waals surface area contributed by atoms with E-state index in [0.717, 1.165) is 33.0 Å². The van der Waals surface area contributed by atoms with Crippen LogP contribution in [0, 0.1) is 0 Å². The highest BCUT2D eigenvalue weighted by molar-refractivity contribution is 6.26.